The topological polar surface area (TPSA) is 123 Å². The van der Waals surface area contributed by atoms with Crippen LogP contribution in [0.25, 0.3) is 34.0 Å². The number of carboxylic acid groups (broad SMARTS) is 1. The van der Waals surface area contributed by atoms with Crippen LogP contribution >= 0.6 is 0 Å². The van der Waals surface area contributed by atoms with Crippen LogP contribution in [-0.4, -0.2) is 49.7 Å². The van der Waals surface area contributed by atoms with Crippen LogP contribution in [0, 0.1) is 5.41 Å². The van der Waals surface area contributed by atoms with E-state index in [1.807, 2.05) is 36.4 Å². The van der Waals surface area contributed by atoms with Gasteiger partial charge in [0.1, 0.15) is 23.5 Å². The van der Waals surface area contributed by atoms with Gasteiger partial charge in [-0.2, -0.15) is 0 Å². The molecular weight excluding hydrogens is 434 g/mol. The van der Waals surface area contributed by atoms with Crippen LogP contribution in [0.2, 0.25) is 0 Å². The molecule has 0 radical (unpaired) electrons. The summed E-state index contributed by atoms with van der Waals surface area (Å²) in [5.74, 6) is 0.950. The molecule has 0 atom stereocenters. The molecule has 0 amide bonds. The summed E-state index contributed by atoms with van der Waals surface area (Å²) in [6.45, 7) is 0.105. The van der Waals surface area contributed by atoms with E-state index in [0.717, 1.165) is 29.0 Å². The molecule has 0 spiro atoms. The minimum Gasteiger partial charge on any atom is -0.497 e. The molecule has 34 heavy (non-hydrogen) atoms. The lowest BCUT2D eigenvalue weighted by atomic mass is 9.69. The molecule has 0 saturated heterocycles. The Morgan fingerprint density at radius 3 is 2.29 bits per heavy atom. The third-order valence-corrected chi connectivity index (χ3v) is 6.17. The first-order chi connectivity index (χ1) is 16.6. The predicted octanol–water partition coefficient (Wildman–Crippen LogP) is 4.24. The number of H-pyrrole nitrogens is 1. The van der Waals surface area contributed by atoms with Crippen LogP contribution in [0.3, 0.4) is 0 Å². The smallest absolute Gasteiger partial charge is 0.313 e. The van der Waals surface area contributed by atoms with Crippen molar-refractivity contribution in [1.82, 2.24) is 24.9 Å². The molecule has 172 valence electrons. The maximum Gasteiger partial charge on any atom is 0.313 e. The van der Waals surface area contributed by atoms with E-state index in [-0.39, 0.29) is 6.61 Å². The number of aliphatic carboxylic acids is 1. The molecule has 3 heterocycles. The van der Waals surface area contributed by atoms with Crippen LogP contribution in [0.5, 0.6) is 11.6 Å². The number of hydrogen-bond acceptors (Lipinski definition) is 7. The van der Waals surface area contributed by atoms with Gasteiger partial charge >= 0.3 is 5.97 Å². The Morgan fingerprint density at radius 1 is 0.941 bits per heavy atom. The number of carboxylic acids is 1. The number of methoxy groups -OCH3 is 1. The Hall–Kier alpha value is -4.27. The summed E-state index contributed by atoms with van der Waals surface area (Å²) in [6.07, 6.45) is 8.74. The van der Waals surface area contributed by atoms with Gasteiger partial charge in [-0.25, -0.2) is 15.0 Å². The molecule has 9 heteroatoms. The number of benzene rings is 1. The minimum absolute atomic E-state index is 0.105. The van der Waals surface area contributed by atoms with Crippen LogP contribution < -0.4 is 9.47 Å². The molecule has 3 aromatic heterocycles. The molecule has 9 nitrogen and oxygen atoms in total. The van der Waals surface area contributed by atoms with E-state index in [1.165, 1.54) is 6.20 Å². The van der Waals surface area contributed by atoms with E-state index in [9.17, 15) is 9.90 Å². The molecule has 1 saturated carbocycles. The number of nitrogens with one attached hydrogen (secondary N) is 1. The summed E-state index contributed by atoms with van der Waals surface area (Å²) in [7, 11) is 1.64. The quantitative estimate of drug-likeness (QED) is 0.403. The van der Waals surface area contributed by atoms with E-state index < -0.39 is 11.4 Å². The van der Waals surface area contributed by atoms with Crippen molar-refractivity contribution in [2.45, 2.75) is 19.3 Å². The number of aromatic amines is 1. The van der Waals surface area contributed by atoms with Crippen LogP contribution in [0.4, 0.5) is 0 Å². The van der Waals surface area contributed by atoms with Crippen molar-refractivity contribution >= 4 is 5.97 Å². The van der Waals surface area contributed by atoms with Gasteiger partial charge in [0, 0.05) is 11.8 Å². The maximum atomic E-state index is 11.5. The van der Waals surface area contributed by atoms with E-state index in [4.69, 9.17) is 9.47 Å². The fourth-order valence-corrected chi connectivity index (χ4v) is 3.83. The third-order valence-electron chi connectivity index (χ3n) is 6.17. The highest BCUT2D eigenvalue weighted by molar-refractivity contribution is 5.76. The predicted molar refractivity (Wildman–Crippen MR) is 124 cm³/mol. The van der Waals surface area contributed by atoms with Crippen molar-refractivity contribution in [3.63, 3.8) is 0 Å². The van der Waals surface area contributed by atoms with Gasteiger partial charge in [0.15, 0.2) is 5.82 Å². The van der Waals surface area contributed by atoms with Gasteiger partial charge in [0.05, 0.1) is 37.1 Å². The normalized spacial score (nSPS) is 14.3. The number of imidazole rings is 1. The number of pyridine rings is 1. The summed E-state index contributed by atoms with van der Waals surface area (Å²) in [6, 6.07) is 11.5. The Bertz CT molecular complexity index is 1280. The van der Waals surface area contributed by atoms with E-state index in [1.54, 1.807) is 25.7 Å². The van der Waals surface area contributed by atoms with Crippen LogP contribution in [-0.2, 0) is 4.79 Å². The SMILES string of the molecule is COc1ccc(-c2cnc(-c3ccc(-c4cnc(OCC5(C(=O)O)CCC5)cn4)cn3)[nH]2)cc1. The van der Waals surface area contributed by atoms with Gasteiger partial charge in [-0.1, -0.05) is 6.42 Å². The Morgan fingerprint density at radius 2 is 1.71 bits per heavy atom. The molecule has 1 aliphatic rings. The minimum atomic E-state index is -0.817. The molecule has 0 unspecified atom stereocenters. The van der Waals surface area contributed by atoms with Gasteiger partial charge in [-0.05, 0) is 54.8 Å². The fraction of sp³-hybridized carbons (Fsp3) is 0.240. The van der Waals surface area contributed by atoms with E-state index in [2.05, 4.69) is 24.9 Å². The average molecular weight is 457 g/mol. The molecule has 1 aromatic carbocycles. The zero-order valence-corrected chi connectivity index (χ0v) is 18.6. The Balaban J connectivity index is 1.25. The van der Waals surface area contributed by atoms with Crippen LogP contribution in [0.15, 0.2) is 61.2 Å². The van der Waals surface area contributed by atoms with Gasteiger partial charge in [0.25, 0.3) is 0 Å². The van der Waals surface area contributed by atoms with E-state index >= 15 is 0 Å². The lowest BCUT2D eigenvalue weighted by Gasteiger charge is -2.36. The van der Waals surface area contributed by atoms with Gasteiger partial charge in [-0.15, -0.1) is 0 Å². The molecule has 1 fully saturated rings. The van der Waals surface area contributed by atoms with Gasteiger partial charge < -0.3 is 19.6 Å². The van der Waals surface area contributed by atoms with Gasteiger partial charge in [-0.3, -0.25) is 9.78 Å². The van der Waals surface area contributed by atoms with Crippen molar-refractivity contribution in [2.75, 3.05) is 13.7 Å². The second-order valence-electron chi connectivity index (χ2n) is 8.27. The second kappa shape index (κ2) is 8.93. The highest BCUT2D eigenvalue weighted by Crippen LogP contribution is 2.41. The standard InChI is InChI=1S/C25H23N5O4/c1-33-18-6-3-16(4-7-18)21-13-29-23(30-21)19-8-5-17(11-26-19)20-12-28-22(14-27-20)34-15-25(24(31)32)9-2-10-25/h3-8,11-14H,2,9-10,15H2,1H3,(H,29,30)(H,31,32). The average Bonchev–Trinajstić information content (AvgIpc) is 3.34. The zero-order valence-electron chi connectivity index (χ0n) is 18.6. The molecule has 2 N–H and O–H groups in total. The molecular formula is C25H23N5O4. The third kappa shape index (κ3) is 4.19. The Labute approximate surface area is 195 Å². The van der Waals surface area contributed by atoms with Crippen molar-refractivity contribution in [1.29, 1.82) is 0 Å². The number of ether oxygens (including phenoxy) is 2. The van der Waals surface area contributed by atoms with Crippen molar-refractivity contribution in [3.05, 3.63) is 61.2 Å². The molecule has 0 aliphatic heterocycles. The molecule has 4 aromatic rings. The van der Waals surface area contributed by atoms with Gasteiger partial charge in [0.2, 0.25) is 5.88 Å². The largest absolute Gasteiger partial charge is 0.497 e. The first kappa shape index (κ1) is 21.6. The molecule has 1 aliphatic carbocycles. The summed E-state index contributed by atoms with van der Waals surface area (Å²) in [4.78, 5) is 32.4. The zero-order chi connectivity index (χ0) is 23.5. The molecule has 5 rings (SSSR count). The summed E-state index contributed by atoms with van der Waals surface area (Å²) in [5.41, 5.74) is 3.24. The first-order valence-electron chi connectivity index (χ1n) is 10.9. The lowest BCUT2D eigenvalue weighted by Crippen LogP contribution is -2.43. The molecule has 0 bridgehead atoms. The van der Waals surface area contributed by atoms with Crippen LogP contribution in [0.1, 0.15) is 19.3 Å². The lowest BCUT2D eigenvalue weighted by molar-refractivity contribution is -0.157. The maximum absolute atomic E-state index is 11.5. The monoisotopic (exact) mass is 457 g/mol. The van der Waals surface area contributed by atoms with Crippen molar-refractivity contribution in [3.8, 4) is 45.7 Å². The first-order valence-corrected chi connectivity index (χ1v) is 10.9. The van der Waals surface area contributed by atoms with Crippen molar-refractivity contribution in [2.24, 2.45) is 5.41 Å². The summed E-state index contributed by atoms with van der Waals surface area (Å²) < 4.78 is 10.8. The fourth-order valence-electron chi connectivity index (χ4n) is 3.83. The number of rotatable bonds is 8. The number of carbonyl (C=O) groups is 1. The summed E-state index contributed by atoms with van der Waals surface area (Å²) >= 11 is 0. The number of aromatic nitrogens is 5. The Kier molecular flexibility index (Phi) is 5.67. The van der Waals surface area contributed by atoms with E-state index in [0.29, 0.717) is 35.9 Å². The highest BCUT2D eigenvalue weighted by atomic mass is 16.5. The number of hydrogen-bond donors (Lipinski definition) is 2. The van der Waals surface area contributed by atoms with Crippen molar-refractivity contribution < 1.29 is 19.4 Å². The highest BCUT2D eigenvalue weighted by Gasteiger charge is 2.45. The summed E-state index contributed by atoms with van der Waals surface area (Å²) in [5, 5.41) is 9.40. The second-order valence-corrected chi connectivity index (χ2v) is 8.27. The number of nitrogens with zero attached hydrogens (tertiary/aromatic N) is 4.